The second-order valence-electron chi connectivity index (χ2n) is 7.15. The molecule has 1 unspecified atom stereocenters. The molecule has 4 heterocycles. The number of nitrogens with zero attached hydrogens (tertiary/aromatic N) is 4. The van der Waals surface area contributed by atoms with E-state index in [4.69, 9.17) is 9.72 Å². The van der Waals surface area contributed by atoms with E-state index in [9.17, 15) is 4.79 Å². The van der Waals surface area contributed by atoms with E-state index in [-0.39, 0.29) is 5.56 Å². The summed E-state index contributed by atoms with van der Waals surface area (Å²) in [6.45, 7) is 2.89. The van der Waals surface area contributed by atoms with Gasteiger partial charge in [0.25, 0.3) is 5.56 Å². The number of thiazole rings is 1. The molecule has 5 rings (SSSR count). The SMILES string of the molecule is O=c1cc2c(nn1CC1CCCN1c1nc3c(s1)CCC3)CCOC2. The minimum Gasteiger partial charge on any atom is -0.376 e. The van der Waals surface area contributed by atoms with Crippen LogP contribution in [0.15, 0.2) is 10.9 Å². The number of ether oxygens (including phenoxy) is 1. The molecule has 0 radical (unpaired) electrons. The molecule has 0 spiro atoms. The minimum atomic E-state index is -0.0160. The van der Waals surface area contributed by atoms with Crippen LogP contribution in [0.25, 0.3) is 0 Å². The Morgan fingerprint density at radius 1 is 1.24 bits per heavy atom. The molecule has 3 aliphatic rings. The van der Waals surface area contributed by atoms with E-state index in [1.165, 1.54) is 23.4 Å². The molecular weight excluding hydrogens is 336 g/mol. The van der Waals surface area contributed by atoms with Gasteiger partial charge in [0.2, 0.25) is 0 Å². The number of hydrogen-bond donors (Lipinski definition) is 0. The van der Waals surface area contributed by atoms with E-state index in [0.29, 0.717) is 25.8 Å². The second-order valence-corrected chi connectivity index (χ2v) is 8.21. The van der Waals surface area contributed by atoms with Gasteiger partial charge in [0, 0.05) is 29.5 Å². The Morgan fingerprint density at radius 2 is 2.20 bits per heavy atom. The standard InChI is InChI=1S/C18H22N4O2S/c23-17-9-12-11-24-8-6-14(12)20-22(17)10-13-3-2-7-21(13)18-19-15-4-1-5-16(15)25-18/h9,13H,1-8,10-11H2. The Bertz CT molecular complexity index is 838. The minimum absolute atomic E-state index is 0.0160. The molecule has 7 heteroatoms. The molecule has 1 atom stereocenters. The number of fused-ring (bicyclic) bond motifs is 2. The summed E-state index contributed by atoms with van der Waals surface area (Å²) in [4.78, 5) is 21.2. The molecule has 0 N–H and O–H groups in total. The van der Waals surface area contributed by atoms with Crippen LogP contribution in [0.3, 0.4) is 0 Å². The lowest BCUT2D eigenvalue weighted by molar-refractivity contribution is 0.108. The fourth-order valence-corrected chi connectivity index (χ4v) is 5.41. The summed E-state index contributed by atoms with van der Waals surface area (Å²) in [7, 11) is 0. The van der Waals surface area contributed by atoms with Crippen molar-refractivity contribution in [2.45, 2.75) is 57.7 Å². The summed E-state index contributed by atoms with van der Waals surface area (Å²) in [5.41, 5.74) is 3.25. The van der Waals surface area contributed by atoms with Gasteiger partial charge in [-0.25, -0.2) is 9.67 Å². The summed E-state index contributed by atoms with van der Waals surface area (Å²) in [6.07, 6.45) is 6.60. The zero-order chi connectivity index (χ0) is 16.8. The summed E-state index contributed by atoms with van der Waals surface area (Å²) < 4.78 is 7.09. The first kappa shape index (κ1) is 15.5. The van der Waals surface area contributed by atoms with Crippen LogP contribution in [0.4, 0.5) is 5.13 Å². The first-order chi connectivity index (χ1) is 12.3. The van der Waals surface area contributed by atoms with Crippen molar-refractivity contribution in [2.24, 2.45) is 0 Å². The predicted molar refractivity (Wildman–Crippen MR) is 96.4 cm³/mol. The van der Waals surface area contributed by atoms with Gasteiger partial charge in [-0.15, -0.1) is 11.3 Å². The monoisotopic (exact) mass is 358 g/mol. The van der Waals surface area contributed by atoms with Crippen molar-refractivity contribution < 1.29 is 4.74 Å². The van der Waals surface area contributed by atoms with Gasteiger partial charge in [-0.05, 0) is 32.1 Å². The van der Waals surface area contributed by atoms with Crippen LogP contribution in [-0.4, -0.2) is 34.0 Å². The molecule has 1 saturated heterocycles. The van der Waals surface area contributed by atoms with Gasteiger partial charge in [0.1, 0.15) is 0 Å². The van der Waals surface area contributed by atoms with E-state index in [1.54, 1.807) is 10.7 Å². The van der Waals surface area contributed by atoms with Crippen LogP contribution in [-0.2, 0) is 37.2 Å². The maximum Gasteiger partial charge on any atom is 0.267 e. The zero-order valence-corrected chi connectivity index (χ0v) is 15.1. The van der Waals surface area contributed by atoms with E-state index in [1.807, 2.05) is 11.3 Å². The van der Waals surface area contributed by atoms with Crippen molar-refractivity contribution in [3.05, 3.63) is 38.2 Å². The number of anilines is 1. The highest BCUT2D eigenvalue weighted by molar-refractivity contribution is 7.15. The van der Waals surface area contributed by atoms with Crippen molar-refractivity contribution in [3.63, 3.8) is 0 Å². The fraction of sp³-hybridized carbons (Fsp3) is 0.611. The highest BCUT2D eigenvalue weighted by Gasteiger charge is 2.30. The normalized spacial score (nSPS) is 22.2. The van der Waals surface area contributed by atoms with Crippen molar-refractivity contribution in [1.82, 2.24) is 14.8 Å². The first-order valence-corrected chi connectivity index (χ1v) is 10.0. The lowest BCUT2D eigenvalue weighted by Crippen LogP contribution is -2.38. The maximum atomic E-state index is 12.4. The van der Waals surface area contributed by atoms with Gasteiger partial charge in [-0.3, -0.25) is 4.79 Å². The Balaban J connectivity index is 1.40. The number of aryl methyl sites for hydroxylation is 2. The first-order valence-electron chi connectivity index (χ1n) is 9.21. The molecule has 2 aromatic heterocycles. The highest BCUT2D eigenvalue weighted by atomic mass is 32.1. The Hall–Kier alpha value is -1.73. The zero-order valence-electron chi connectivity index (χ0n) is 14.2. The lowest BCUT2D eigenvalue weighted by atomic mass is 10.1. The van der Waals surface area contributed by atoms with E-state index >= 15 is 0 Å². The molecule has 0 amide bonds. The number of rotatable bonds is 3. The topological polar surface area (TPSA) is 60.2 Å². The van der Waals surface area contributed by atoms with Crippen molar-refractivity contribution in [1.29, 1.82) is 0 Å². The van der Waals surface area contributed by atoms with Crippen LogP contribution in [0.5, 0.6) is 0 Å². The summed E-state index contributed by atoms with van der Waals surface area (Å²) in [5.74, 6) is 0. The van der Waals surface area contributed by atoms with Gasteiger partial charge in [0.05, 0.1) is 37.2 Å². The third-order valence-electron chi connectivity index (χ3n) is 5.50. The van der Waals surface area contributed by atoms with E-state index in [2.05, 4.69) is 10.00 Å². The highest BCUT2D eigenvalue weighted by Crippen LogP contribution is 2.36. The average molecular weight is 358 g/mol. The van der Waals surface area contributed by atoms with Crippen LogP contribution < -0.4 is 10.5 Å². The third kappa shape index (κ3) is 2.79. The molecular formula is C18H22N4O2S. The predicted octanol–water partition coefficient (Wildman–Crippen LogP) is 1.93. The summed E-state index contributed by atoms with van der Waals surface area (Å²) in [5, 5.41) is 5.78. The lowest BCUT2D eigenvalue weighted by Gasteiger charge is -2.25. The van der Waals surface area contributed by atoms with Gasteiger partial charge >= 0.3 is 0 Å². The van der Waals surface area contributed by atoms with Crippen LogP contribution in [0.2, 0.25) is 0 Å². The maximum absolute atomic E-state index is 12.4. The second kappa shape index (κ2) is 6.21. The molecule has 132 valence electrons. The molecule has 0 bridgehead atoms. The quantitative estimate of drug-likeness (QED) is 0.839. The fourth-order valence-electron chi connectivity index (χ4n) is 4.16. The molecule has 2 aliphatic heterocycles. The van der Waals surface area contributed by atoms with Gasteiger partial charge in [-0.1, -0.05) is 0 Å². The molecule has 25 heavy (non-hydrogen) atoms. The molecule has 1 fully saturated rings. The smallest absolute Gasteiger partial charge is 0.267 e. The Labute approximate surface area is 150 Å². The van der Waals surface area contributed by atoms with Crippen molar-refractivity contribution >= 4 is 16.5 Å². The largest absolute Gasteiger partial charge is 0.376 e. The Kier molecular flexibility index (Phi) is 3.86. The summed E-state index contributed by atoms with van der Waals surface area (Å²) in [6, 6.07) is 2.02. The summed E-state index contributed by atoms with van der Waals surface area (Å²) >= 11 is 1.85. The van der Waals surface area contributed by atoms with Crippen LogP contribution in [0, 0.1) is 0 Å². The molecule has 2 aromatic rings. The number of aromatic nitrogens is 3. The van der Waals surface area contributed by atoms with Crippen LogP contribution >= 0.6 is 11.3 Å². The Morgan fingerprint density at radius 3 is 3.12 bits per heavy atom. The van der Waals surface area contributed by atoms with Gasteiger partial charge in [0.15, 0.2) is 5.13 Å². The van der Waals surface area contributed by atoms with Crippen molar-refractivity contribution in [3.8, 4) is 0 Å². The third-order valence-corrected chi connectivity index (χ3v) is 6.69. The average Bonchev–Trinajstić information content (AvgIpc) is 3.30. The van der Waals surface area contributed by atoms with E-state index < -0.39 is 0 Å². The molecule has 6 nitrogen and oxygen atoms in total. The molecule has 1 aliphatic carbocycles. The van der Waals surface area contributed by atoms with Gasteiger partial charge in [-0.2, -0.15) is 5.10 Å². The van der Waals surface area contributed by atoms with E-state index in [0.717, 1.165) is 48.6 Å². The molecule has 0 aromatic carbocycles. The van der Waals surface area contributed by atoms with Crippen LogP contribution in [0.1, 0.15) is 41.1 Å². The molecule has 0 saturated carbocycles. The number of hydrogen-bond acceptors (Lipinski definition) is 6. The van der Waals surface area contributed by atoms with Crippen molar-refractivity contribution in [2.75, 3.05) is 18.1 Å². The van der Waals surface area contributed by atoms with Gasteiger partial charge < -0.3 is 9.64 Å².